The van der Waals surface area contributed by atoms with Crippen LogP contribution in [0.25, 0.3) is 0 Å². The summed E-state index contributed by atoms with van der Waals surface area (Å²) in [5.41, 5.74) is 2.93. The highest BCUT2D eigenvalue weighted by molar-refractivity contribution is 9.10. The first kappa shape index (κ1) is 17.5. The molecule has 0 spiro atoms. The molecule has 1 heterocycles. The van der Waals surface area contributed by atoms with Gasteiger partial charge in [-0.1, -0.05) is 11.2 Å². The maximum atomic E-state index is 12.2. The van der Waals surface area contributed by atoms with Crippen LogP contribution in [-0.4, -0.2) is 29.6 Å². The van der Waals surface area contributed by atoms with Gasteiger partial charge < -0.3 is 14.2 Å². The number of nitrogens with zero attached hydrogens (tertiary/aromatic N) is 2. The summed E-state index contributed by atoms with van der Waals surface area (Å²) in [7, 11) is 1.77. The Bertz CT molecular complexity index is 678. The van der Waals surface area contributed by atoms with Crippen molar-refractivity contribution in [2.45, 2.75) is 33.7 Å². The molecule has 5 nitrogen and oxygen atoms in total. The maximum absolute atomic E-state index is 12.2. The van der Waals surface area contributed by atoms with Gasteiger partial charge in [-0.15, -0.1) is 0 Å². The van der Waals surface area contributed by atoms with Crippen molar-refractivity contribution in [2.24, 2.45) is 0 Å². The Balaban J connectivity index is 1.84. The summed E-state index contributed by atoms with van der Waals surface area (Å²) in [5.74, 6) is 1.52. The Kier molecular flexibility index (Phi) is 5.82. The minimum atomic E-state index is 0.0215. The molecule has 0 radical (unpaired) electrons. The first-order chi connectivity index (χ1) is 10.9. The average molecular weight is 381 g/mol. The largest absolute Gasteiger partial charge is 0.492 e. The zero-order chi connectivity index (χ0) is 17.0. The molecular weight excluding hydrogens is 360 g/mol. The normalized spacial score (nSPS) is 10.7. The first-order valence-corrected chi connectivity index (χ1v) is 8.22. The topological polar surface area (TPSA) is 55.6 Å². The Morgan fingerprint density at radius 1 is 1.35 bits per heavy atom. The molecule has 1 aromatic heterocycles. The first-order valence-electron chi connectivity index (χ1n) is 7.43. The molecule has 23 heavy (non-hydrogen) atoms. The monoisotopic (exact) mass is 380 g/mol. The summed E-state index contributed by atoms with van der Waals surface area (Å²) >= 11 is 3.46. The molecule has 0 atom stereocenters. The van der Waals surface area contributed by atoms with Crippen molar-refractivity contribution in [1.29, 1.82) is 0 Å². The highest BCUT2D eigenvalue weighted by Gasteiger charge is 2.15. The predicted octanol–water partition coefficient (Wildman–Crippen LogP) is 3.79. The van der Waals surface area contributed by atoms with Crippen molar-refractivity contribution in [3.8, 4) is 5.75 Å². The van der Waals surface area contributed by atoms with Crippen LogP contribution in [0.3, 0.4) is 0 Å². The zero-order valence-corrected chi connectivity index (χ0v) is 15.4. The van der Waals surface area contributed by atoms with Crippen molar-refractivity contribution < 1.29 is 14.1 Å². The third-order valence-electron chi connectivity index (χ3n) is 3.66. The van der Waals surface area contributed by atoms with E-state index >= 15 is 0 Å². The van der Waals surface area contributed by atoms with Gasteiger partial charge in [0.2, 0.25) is 5.91 Å². The molecule has 1 aromatic carbocycles. The predicted molar refractivity (Wildman–Crippen MR) is 91.4 cm³/mol. The van der Waals surface area contributed by atoms with Gasteiger partial charge in [0.05, 0.1) is 29.7 Å². The Morgan fingerprint density at radius 2 is 2.09 bits per heavy atom. The smallest absolute Gasteiger partial charge is 0.226 e. The van der Waals surface area contributed by atoms with Crippen LogP contribution in [0.4, 0.5) is 0 Å². The number of aromatic nitrogens is 1. The number of halogens is 1. The minimum Gasteiger partial charge on any atom is -0.492 e. The number of ether oxygens (including phenoxy) is 1. The maximum Gasteiger partial charge on any atom is 0.226 e. The Labute approximate surface area is 144 Å². The highest BCUT2D eigenvalue weighted by atomic mass is 79.9. The van der Waals surface area contributed by atoms with Crippen molar-refractivity contribution in [1.82, 2.24) is 10.1 Å². The van der Waals surface area contributed by atoms with Crippen LogP contribution in [0.5, 0.6) is 5.75 Å². The van der Waals surface area contributed by atoms with Crippen LogP contribution in [0.15, 0.2) is 27.2 Å². The summed E-state index contributed by atoms with van der Waals surface area (Å²) in [6.07, 6.45) is 0.320. The third kappa shape index (κ3) is 4.58. The number of rotatable bonds is 6. The number of amides is 1. The third-order valence-corrected chi connectivity index (χ3v) is 4.28. The van der Waals surface area contributed by atoms with Gasteiger partial charge in [-0.25, -0.2) is 0 Å². The van der Waals surface area contributed by atoms with E-state index in [4.69, 9.17) is 9.26 Å². The fourth-order valence-corrected chi connectivity index (χ4v) is 2.82. The quantitative estimate of drug-likeness (QED) is 0.764. The molecular formula is C17H21BrN2O3. The highest BCUT2D eigenvalue weighted by Crippen LogP contribution is 2.25. The van der Waals surface area contributed by atoms with E-state index in [1.165, 1.54) is 0 Å². The fraction of sp³-hybridized carbons (Fsp3) is 0.412. The number of carbonyl (C=O) groups is 1. The van der Waals surface area contributed by atoms with E-state index in [1.807, 2.05) is 39.0 Å². The van der Waals surface area contributed by atoms with E-state index in [0.717, 1.165) is 32.8 Å². The number of carbonyl (C=O) groups excluding carboxylic acids is 1. The van der Waals surface area contributed by atoms with Crippen LogP contribution in [0.1, 0.15) is 29.0 Å². The summed E-state index contributed by atoms with van der Waals surface area (Å²) in [6, 6.07) is 5.86. The van der Waals surface area contributed by atoms with E-state index in [-0.39, 0.29) is 5.91 Å². The van der Waals surface area contributed by atoms with Crippen LogP contribution < -0.4 is 4.74 Å². The Morgan fingerprint density at radius 3 is 2.70 bits per heavy atom. The zero-order valence-electron chi connectivity index (χ0n) is 13.9. The van der Waals surface area contributed by atoms with E-state index < -0.39 is 0 Å². The van der Waals surface area contributed by atoms with Gasteiger partial charge in [0.1, 0.15) is 11.5 Å². The number of hydrogen-bond acceptors (Lipinski definition) is 4. The lowest BCUT2D eigenvalue weighted by atomic mass is 10.2. The van der Waals surface area contributed by atoms with Crippen molar-refractivity contribution in [3.05, 3.63) is 45.3 Å². The molecule has 1 amide bonds. The molecule has 0 bridgehead atoms. The SMILES string of the molecule is Cc1ccc(OCCC(=O)N(C)Cc2c(C)noc2C)c(Br)c1. The van der Waals surface area contributed by atoms with Crippen LogP contribution >= 0.6 is 15.9 Å². The van der Waals surface area contributed by atoms with Gasteiger partial charge in [-0.3, -0.25) is 4.79 Å². The molecule has 6 heteroatoms. The van der Waals surface area contributed by atoms with Crippen LogP contribution in [-0.2, 0) is 11.3 Å². The molecule has 0 aliphatic carbocycles. The molecule has 124 valence electrons. The van der Waals surface area contributed by atoms with Crippen LogP contribution in [0.2, 0.25) is 0 Å². The van der Waals surface area contributed by atoms with Crippen LogP contribution in [0, 0.1) is 20.8 Å². The second-order valence-corrected chi connectivity index (χ2v) is 6.44. The molecule has 0 saturated heterocycles. The number of hydrogen-bond donors (Lipinski definition) is 0. The Hall–Kier alpha value is -1.82. The van der Waals surface area contributed by atoms with Crippen molar-refractivity contribution >= 4 is 21.8 Å². The molecule has 0 saturated carbocycles. The molecule has 0 unspecified atom stereocenters. The molecule has 0 fully saturated rings. The summed E-state index contributed by atoms with van der Waals surface area (Å²) in [4.78, 5) is 13.9. The fourth-order valence-electron chi connectivity index (χ4n) is 2.22. The molecule has 0 aliphatic rings. The van der Waals surface area contributed by atoms with E-state index in [0.29, 0.717) is 19.6 Å². The van der Waals surface area contributed by atoms with Gasteiger partial charge in [-0.05, 0) is 54.4 Å². The van der Waals surface area contributed by atoms with Gasteiger partial charge in [0.15, 0.2) is 0 Å². The van der Waals surface area contributed by atoms with E-state index in [2.05, 4.69) is 21.1 Å². The second kappa shape index (κ2) is 7.64. The summed E-state index contributed by atoms with van der Waals surface area (Å²) in [6.45, 7) is 6.58. The lowest BCUT2D eigenvalue weighted by Crippen LogP contribution is -2.27. The minimum absolute atomic E-state index is 0.0215. The molecule has 0 N–H and O–H groups in total. The van der Waals surface area contributed by atoms with Gasteiger partial charge in [0.25, 0.3) is 0 Å². The van der Waals surface area contributed by atoms with Crippen molar-refractivity contribution in [2.75, 3.05) is 13.7 Å². The number of aryl methyl sites for hydroxylation is 3. The summed E-state index contributed by atoms with van der Waals surface area (Å²) < 4.78 is 11.7. The number of benzene rings is 1. The van der Waals surface area contributed by atoms with E-state index in [9.17, 15) is 4.79 Å². The molecule has 0 aliphatic heterocycles. The van der Waals surface area contributed by atoms with Crippen molar-refractivity contribution in [3.63, 3.8) is 0 Å². The van der Waals surface area contributed by atoms with Gasteiger partial charge in [0, 0.05) is 12.6 Å². The van der Waals surface area contributed by atoms with Gasteiger partial charge >= 0.3 is 0 Å². The molecule has 2 rings (SSSR count). The second-order valence-electron chi connectivity index (χ2n) is 5.58. The standard InChI is InChI=1S/C17H21BrN2O3/c1-11-5-6-16(15(18)9-11)22-8-7-17(21)20(4)10-14-12(2)19-23-13(14)3/h5-6,9H,7-8,10H2,1-4H3. The summed E-state index contributed by atoms with van der Waals surface area (Å²) in [5, 5.41) is 3.90. The lowest BCUT2D eigenvalue weighted by molar-refractivity contribution is -0.130. The average Bonchev–Trinajstić information content (AvgIpc) is 2.81. The van der Waals surface area contributed by atoms with Gasteiger partial charge in [-0.2, -0.15) is 0 Å². The lowest BCUT2D eigenvalue weighted by Gasteiger charge is -2.17. The van der Waals surface area contributed by atoms with E-state index in [1.54, 1.807) is 11.9 Å². The molecule has 2 aromatic rings.